The second-order valence-electron chi connectivity index (χ2n) is 7.47. The fourth-order valence-electron chi connectivity index (χ4n) is 3.59. The molecule has 0 fully saturated rings. The van der Waals surface area contributed by atoms with Gasteiger partial charge >= 0.3 is 0 Å². The Bertz CT molecular complexity index is 1390. The lowest BCUT2D eigenvalue weighted by Gasteiger charge is -2.26. The van der Waals surface area contributed by atoms with Crippen molar-refractivity contribution in [3.05, 3.63) is 94.3 Å². The first kappa shape index (κ1) is 21.7. The standard InChI is InChI=1S/C24H18N4O5S/c1-15(29)16-11-12-22(18(13-16)28(30)31)34-24-26-25-23(27(24)17-7-3-2-4-8-17)21-14-32-19-9-5-6-10-20(19)33-21/h2-13,21H,14H2,1H3/t21-/m1/s1. The molecule has 2 heterocycles. The van der Waals surface area contributed by atoms with Crippen LogP contribution in [0.1, 0.15) is 29.2 Å². The normalized spacial score (nSPS) is 14.6. The van der Waals surface area contributed by atoms with Crippen LogP contribution in [0.15, 0.2) is 82.8 Å². The van der Waals surface area contributed by atoms with Crippen LogP contribution in [0.25, 0.3) is 5.69 Å². The van der Waals surface area contributed by atoms with Crippen molar-refractivity contribution in [1.29, 1.82) is 0 Å². The molecule has 0 saturated heterocycles. The maximum atomic E-state index is 11.7. The van der Waals surface area contributed by atoms with Crippen LogP contribution in [0, 0.1) is 10.1 Å². The van der Waals surface area contributed by atoms with Crippen LogP contribution in [-0.2, 0) is 0 Å². The average molecular weight is 474 g/mol. The lowest BCUT2D eigenvalue weighted by molar-refractivity contribution is -0.387. The fraction of sp³-hybridized carbons (Fsp3) is 0.125. The Morgan fingerprint density at radius 3 is 2.53 bits per heavy atom. The number of nitro groups is 1. The third-order valence-corrected chi connectivity index (χ3v) is 6.24. The summed E-state index contributed by atoms with van der Waals surface area (Å²) in [6, 6.07) is 21.2. The molecule has 3 aromatic carbocycles. The topological polar surface area (TPSA) is 109 Å². The van der Waals surface area contributed by atoms with E-state index < -0.39 is 11.0 Å². The number of ketones is 1. The van der Waals surface area contributed by atoms with Crippen LogP contribution >= 0.6 is 11.8 Å². The maximum Gasteiger partial charge on any atom is 0.284 e. The molecule has 10 heteroatoms. The van der Waals surface area contributed by atoms with E-state index in [2.05, 4.69) is 10.2 Å². The number of aromatic nitrogens is 3. The molecule has 1 aromatic heterocycles. The van der Waals surface area contributed by atoms with Crippen LogP contribution in [0.3, 0.4) is 0 Å². The van der Waals surface area contributed by atoms with Crippen molar-refractivity contribution in [3.8, 4) is 17.2 Å². The van der Waals surface area contributed by atoms with Crippen LogP contribution < -0.4 is 9.47 Å². The van der Waals surface area contributed by atoms with Crippen LogP contribution in [0.2, 0.25) is 0 Å². The van der Waals surface area contributed by atoms with Crippen molar-refractivity contribution in [1.82, 2.24) is 14.8 Å². The van der Waals surface area contributed by atoms with Crippen LogP contribution in [0.4, 0.5) is 5.69 Å². The molecule has 5 rings (SSSR count). The third kappa shape index (κ3) is 4.11. The molecule has 1 atom stereocenters. The summed E-state index contributed by atoms with van der Waals surface area (Å²) in [5, 5.41) is 20.8. The first-order chi connectivity index (χ1) is 16.5. The van der Waals surface area contributed by atoms with E-state index in [4.69, 9.17) is 9.47 Å². The second kappa shape index (κ2) is 8.99. The Labute approximate surface area is 198 Å². The molecule has 0 spiro atoms. The Morgan fingerprint density at radius 1 is 1.06 bits per heavy atom. The van der Waals surface area contributed by atoms with Crippen molar-refractivity contribution in [2.75, 3.05) is 6.61 Å². The molecule has 0 N–H and O–H groups in total. The van der Waals surface area contributed by atoms with E-state index in [1.807, 2.05) is 54.6 Å². The summed E-state index contributed by atoms with van der Waals surface area (Å²) in [6.45, 7) is 1.61. The van der Waals surface area contributed by atoms with Gasteiger partial charge in [-0.2, -0.15) is 0 Å². The van der Waals surface area contributed by atoms with Gasteiger partial charge in [-0.15, -0.1) is 10.2 Å². The number of Topliss-reactive ketones (excluding diaryl/α,β-unsaturated/α-hetero) is 1. The molecule has 0 unspecified atom stereocenters. The highest BCUT2D eigenvalue weighted by Crippen LogP contribution is 2.39. The zero-order valence-electron chi connectivity index (χ0n) is 18.0. The molecule has 0 saturated carbocycles. The van der Waals surface area contributed by atoms with Gasteiger partial charge < -0.3 is 9.47 Å². The number of fused-ring (bicyclic) bond motifs is 1. The van der Waals surface area contributed by atoms with E-state index in [0.29, 0.717) is 27.4 Å². The number of hydrogen-bond donors (Lipinski definition) is 0. The van der Waals surface area contributed by atoms with Crippen LogP contribution in [0.5, 0.6) is 11.5 Å². The summed E-state index contributed by atoms with van der Waals surface area (Å²) in [4.78, 5) is 23.3. The van der Waals surface area contributed by atoms with Gasteiger partial charge in [0.2, 0.25) is 5.16 Å². The summed E-state index contributed by atoms with van der Waals surface area (Å²) in [5.41, 5.74) is 0.871. The molecule has 0 bridgehead atoms. The Balaban J connectivity index is 1.57. The molecule has 170 valence electrons. The SMILES string of the molecule is CC(=O)c1ccc(Sc2nnc([C@H]3COc4ccccc4O3)n2-c2ccccc2)c([N+](=O)[O-])c1. The van der Waals surface area contributed by atoms with Crippen molar-refractivity contribution in [3.63, 3.8) is 0 Å². The van der Waals surface area contributed by atoms with E-state index in [-0.39, 0.29) is 23.6 Å². The van der Waals surface area contributed by atoms with Crippen molar-refractivity contribution < 1.29 is 19.2 Å². The molecule has 0 amide bonds. The third-order valence-electron chi connectivity index (χ3n) is 5.23. The zero-order chi connectivity index (χ0) is 23.7. The second-order valence-corrected chi connectivity index (χ2v) is 8.48. The number of benzene rings is 3. The number of carbonyl (C=O) groups is 1. The predicted octanol–water partition coefficient (Wildman–Crippen LogP) is 5.04. The van der Waals surface area contributed by atoms with E-state index in [1.54, 1.807) is 16.7 Å². The number of para-hydroxylation sites is 3. The van der Waals surface area contributed by atoms with Gasteiger partial charge in [0.1, 0.15) is 6.61 Å². The summed E-state index contributed by atoms with van der Waals surface area (Å²) >= 11 is 1.09. The fourth-order valence-corrected chi connectivity index (χ4v) is 4.53. The minimum atomic E-state index is -0.535. The van der Waals surface area contributed by atoms with Crippen LogP contribution in [-0.4, -0.2) is 32.1 Å². The van der Waals surface area contributed by atoms with Gasteiger partial charge in [0.05, 0.1) is 9.82 Å². The molecule has 34 heavy (non-hydrogen) atoms. The van der Waals surface area contributed by atoms with Crippen molar-refractivity contribution in [2.24, 2.45) is 0 Å². The molecule has 1 aliphatic rings. The van der Waals surface area contributed by atoms with Gasteiger partial charge in [-0.3, -0.25) is 19.5 Å². The molecular weight excluding hydrogens is 456 g/mol. The van der Waals surface area contributed by atoms with Gasteiger partial charge in [-0.1, -0.05) is 30.3 Å². The number of nitro benzene ring substituents is 1. The van der Waals surface area contributed by atoms with E-state index in [1.165, 1.54) is 13.0 Å². The monoisotopic (exact) mass is 474 g/mol. The molecular formula is C24H18N4O5S. The van der Waals surface area contributed by atoms with E-state index >= 15 is 0 Å². The van der Waals surface area contributed by atoms with Gasteiger partial charge in [0, 0.05) is 17.3 Å². The summed E-state index contributed by atoms with van der Waals surface area (Å²) in [7, 11) is 0. The zero-order valence-corrected chi connectivity index (χ0v) is 18.8. The summed E-state index contributed by atoms with van der Waals surface area (Å²) < 4.78 is 13.8. The molecule has 4 aromatic rings. The lowest BCUT2D eigenvalue weighted by atomic mass is 10.1. The highest BCUT2D eigenvalue weighted by molar-refractivity contribution is 7.99. The number of ether oxygens (including phenoxy) is 2. The minimum Gasteiger partial charge on any atom is -0.485 e. The van der Waals surface area contributed by atoms with Crippen molar-refractivity contribution >= 4 is 23.2 Å². The summed E-state index contributed by atoms with van der Waals surface area (Å²) in [5.74, 6) is 1.52. The maximum absolute atomic E-state index is 11.7. The van der Waals surface area contributed by atoms with E-state index in [9.17, 15) is 14.9 Å². The number of nitrogens with zero attached hydrogens (tertiary/aromatic N) is 4. The van der Waals surface area contributed by atoms with Crippen molar-refractivity contribution in [2.45, 2.75) is 23.1 Å². The Kier molecular flexibility index (Phi) is 5.72. The number of rotatable bonds is 6. The average Bonchev–Trinajstić information content (AvgIpc) is 3.27. The first-order valence-corrected chi connectivity index (χ1v) is 11.2. The Hall–Kier alpha value is -4.18. The lowest BCUT2D eigenvalue weighted by Crippen LogP contribution is -2.24. The van der Waals surface area contributed by atoms with Gasteiger partial charge in [0.15, 0.2) is 29.2 Å². The van der Waals surface area contributed by atoms with E-state index in [0.717, 1.165) is 17.4 Å². The highest BCUT2D eigenvalue weighted by Gasteiger charge is 2.30. The highest BCUT2D eigenvalue weighted by atomic mass is 32.2. The number of hydrogen-bond acceptors (Lipinski definition) is 8. The molecule has 9 nitrogen and oxygen atoms in total. The predicted molar refractivity (Wildman–Crippen MR) is 124 cm³/mol. The summed E-state index contributed by atoms with van der Waals surface area (Å²) in [6.07, 6.45) is -0.535. The molecule has 1 aliphatic heterocycles. The van der Waals surface area contributed by atoms with Gasteiger partial charge in [0.25, 0.3) is 5.69 Å². The number of carbonyl (C=O) groups excluding carboxylic acids is 1. The smallest absolute Gasteiger partial charge is 0.284 e. The van der Waals surface area contributed by atoms with Gasteiger partial charge in [-0.05, 0) is 55.1 Å². The minimum absolute atomic E-state index is 0.173. The molecule has 0 aliphatic carbocycles. The van der Waals surface area contributed by atoms with Gasteiger partial charge in [-0.25, -0.2) is 0 Å². The largest absolute Gasteiger partial charge is 0.485 e. The first-order valence-electron chi connectivity index (χ1n) is 10.4. The molecule has 0 radical (unpaired) electrons. The Morgan fingerprint density at radius 2 is 1.79 bits per heavy atom. The quantitative estimate of drug-likeness (QED) is 0.217.